The summed E-state index contributed by atoms with van der Waals surface area (Å²) in [6.07, 6.45) is 2.94. The van der Waals surface area contributed by atoms with Crippen LogP contribution in [0.4, 0.5) is 0 Å². The van der Waals surface area contributed by atoms with Crippen LogP contribution in [0.15, 0.2) is 12.2 Å². The Hall–Kier alpha value is -1.41. The zero-order chi connectivity index (χ0) is 6.41. The Labute approximate surface area is 45.7 Å². The van der Waals surface area contributed by atoms with E-state index < -0.39 is 5.97 Å². The van der Waals surface area contributed by atoms with Crippen LogP contribution in [0.25, 0.3) is 5.53 Å². The highest BCUT2D eigenvalue weighted by atomic mass is 16.4. The predicted octanol–water partition coefficient (Wildman–Crippen LogP) is -0.0722. The van der Waals surface area contributed by atoms with Crippen molar-refractivity contribution in [1.82, 2.24) is 0 Å². The van der Waals surface area contributed by atoms with Crippen LogP contribution in [-0.2, 0) is 4.79 Å². The monoisotopic (exact) mass is 112 g/mol. The lowest BCUT2D eigenvalue weighted by Crippen LogP contribution is -1.85. The lowest BCUT2D eigenvalue weighted by atomic mass is 10.5. The van der Waals surface area contributed by atoms with E-state index in [2.05, 4.69) is 4.79 Å². The van der Waals surface area contributed by atoms with Crippen LogP contribution in [0.3, 0.4) is 0 Å². The van der Waals surface area contributed by atoms with E-state index in [0.29, 0.717) is 0 Å². The molecule has 0 aliphatic heterocycles. The predicted molar refractivity (Wildman–Crippen MR) is 26.5 cm³/mol. The second-order valence-electron chi connectivity index (χ2n) is 0.962. The van der Waals surface area contributed by atoms with Crippen molar-refractivity contribution in [1.29, 1.82) is 0 Å². The molecule has 0 amide bonds. The molecule has 1 N–H and O–H groups in total. The second kappa shape index (κ2) is 3.77. The van der Waals surface area contributed by atoms with E-state index >= 15 is 0 Å². The van der Waals surface area contributed by atoms with Gasteiger partial charge in [0, 0.05) is 12.2 Å². The standard InChI is InChI=1S/C4H4N2O2/c5-6-3-1-2-4(7)8/h1-3H,(H,7,8). The van der Waals surface area contributed by atoms with Crippen molar-refractivity contribution in [2.75, 3.05) is 0 Å². The van der Waals surface area contributed by atoms with E-state index in [9.17, 15) is 4.79 Å². The first-order valence-corrected chi connectivity index (χ1v) is 1.84. The molecule has 0 aromatic heterocycles. The largest absolute Gasteiger partial charge is 0.478 e. The smallest absolute Gasteiger partial charge is 0.328 e. The molecule has 0 aromatic carbocycles. The van der Waals surface area contributed by atoms with Gasteiger partial charge in [0.15, 0.2) is 0 Å². The van der Waals surface area contributed by atoms with Gasteiger partial charge in [-0.05, 0) is 0 Å². The fourth-order valence-electron chi connectivity index (χ4n) is 0.164. The minimum atomic E-state index is -1.06. The van der Waals surface area contributed by atoms with Gasteiger partial charge in [-0.1, -0.05) is 0 Å². The molecule has 4 nitrogen and oxygen atoms in total. The van der Waals surface area contributed by atoms with Crippen molar-refractivity contribution in [2.45, 2.75) is 0 Å². The van der Waals surface area contributed by atoms with Gasteiger partial charge in [-0.25, -0.2) is 4.79 Å². The van der Waals surface area contributed by atoms with Crippen molar-refractivity contribution >= 4 is 12.2 Å². The summed E-state index contributed by atoms with van der Waals surface area (Å²) < 4.78 is 0. The van der Waals surface area contributed by atoms with E-state index in [-0.39, 0.29) is 0 Å². The number of allylic oxidation sites excluding steroid dienone is 1. The van der Waals surface area contributed by atoms with Gasteiger partial charge >= 0.3 is 5.97 Å². The van der Waals surface area contributed by atoms with Crippen molar-refractivity contribution in [2.24, 2.45) is 0 Å². The van der Waals surface area contributed by atoms with Gasteiger partial charge in [0.1, 0.15) is 0 Å². The summed E-state index contributed by atoms with van der Waals surface area (Å²) in [5.41, 5.74) is 7.70. The third kappa shape index (κ3) is 4.59. The third-order valence-electron chi connectivity index (χ3n) is 0.392. The van der Waals surface area contributed by atoms with Crippen molar-refractivity contribution in [3.8, 4) is 0 Å². The average Bonchev–Trinajstić information content (AvgIpc) is 1.66. The molecule has 0 aliphatic rings. The molecule has 0 saturated heterocycles. The molecule has 0 atom stereocenters. The first-order valence-electron chi connectivity index (χ1n) is 1.84. The maximum Gasteiger partial charge on any atom is 0.328 e. The average molecular weight is 112 g/mol. The highest BCUT2D eigenvalue weighted by molar-refractivity contribution is 5.84. The minimum absolute atomic E-state index is 0.861. The topological polar surface area (TPSA) is 73.7 Å². The summed E-state index contributed by atoms with van der Waals surface area (Å²) in [6.45, 7) is 0. The summed E-state index contributed by atoms with van der Waals surface area (Å²) in [5, 5.41) is 7.91. The Balaban J connectivity index is 3.67. The van der Waals surface area contributed by atoms with Crippen LogP contribution in [0.5, 0.6) is 0 Å². The van der Waals surface area contributed by atoms with Crippen LogP contribution in [-0.4, -0.2) is 22.1 Å². The van der Waals surface area contributed by atoms with Gasteiger partial charge in [0.25, 0.3) is 6.21 Å². The molecule has 0 bridgehead atoms. The Bertz CT molecular complexity index is 151. The molecule has 0 aromatic rings. The number of aliphatic carboxylic acids is 1. The third-order valence-corrected chi connectivity index (χ3v) is 0.392. The number of hydrogen-bond acceptors (Lipinski definition) is 1. The van der Waals surface area contributed by atoms with E-state index in [1.165, 1.54) is 0 Å². The maximum absolute atomic E-state index is 9.64. The van der Waals surface area contributed by atoms with Crippen LogP contribution >= 0.6 is 0 Å². The van der Waals surface area contributed by atoms with Gasteiger partial charge in [-0.15, -0.1) is 0 Å². The van der Waals surface area contributed by atoms with Crippen LogP contribution in [0.1, 0.15) is 0 Å². The molecule has 0 heterocycles. The number of rotatable bonds is 2. The molecule has 0 aliphatic carbocycles. The minimum Gasteiger partial charge on any atom is -0.478 e. The quantitative estimate of drug-likeness (QED) is 0.235. The van der Waals surface area contributed by atoms with Crippen LogP contribution in [0.2, 0.25) is 0 Å². The summed E-state index contributed by atoms with van der Waals surface area (Å²) in [7, 11) is 0. The Morgan fingerprint density at radius 1 is 1.75 bits per heavy atom. The first-order chi connectivity index (χ1) is 3.77. The number of nitrogens with zero attached hydrogens (tertiary/aromatic N) is 2. The number of carboxylic acids is 1. The summed E-state index contributed by atoms with van der Waals surface area (Å²) in [5.74, 6) is -1.06. The van der Waals surface area contributed by atoms with Gasteiger partial charge in [0.2, 0.25) is 0 Å². The fraction of sp³-hybridized carbons (Fsp3) is 0. The van der Waals surface area contributed by atoms with E-state index in [4.69, 9.17) is 10.6 Å². The first kappa shape index (κ1) is 6.59. The van der Waals surface area contributed by atoms with Crippen molar-refractivity contribution in [3.05, 3.63) is 17.7 Å². The van der Waals surface area contributed by atoms with Crippen molar-refractivity contribution in [3.63, 3.8) is 0 Å². The molecule has 0 rings (SSSR count). The Morgan fingerprint density at radius 3 is 2.75 bits per heavy atom. The van der Waals surface area contributed by atoms with Gasteiger partial charge < -0.3 is 10.6 Å². The number of hydrogen-bond donors (Lipinski definition) is 1. The van der Waals surface area contributed by atoms with Crippen molar-refractivity contribution < 1.29 is 14.7 Å². The molecule has 8 heavy (non-hydrogen) atoms. The molecular weight excluding hydrogens is 108 g/mol. The Kier molecular flexibility index (Phi) is 3.10. The van der Waals surface area contributed by atoms with Crippen LogP contribution in [0, 0.1) is 0 Å². The summed E-state index contributed by atoms with van der Waals surface area (Å²) in [6, 6.07) is 0. The lowest BCUT2D eigenvalue weighted by Gasteiger charge is -1.67. The van der Waals surface area contributed by atoms with Gasteiger partial charge in [-0.3, -0.25) is 0 Å². The molecule has 0 radical (unpaired) electrons. The highest BCUT2D eigenvalue weighted by Crippen LogP contribution is 1.64. The SMILES string of the molecule is [N-]=[N+]=CC=CC(=O)O. The highest BCUT2D eigenvalue weighted by Gasteiger charge is 1.81. The molecule has 42 valence electrons. The summed E-state index contributed by atoms with van der Waals surface area (Å²) in [4.78, 5) is 12.2. The molecule has 4 heteroatoms. The zero-order valence-corrected chi connectivity index (χ0v) is 3.98. The molecular formula is C4H4N2O2. The Morgan fingerprint density at radius 2 is 2.38 bits per heavy atom. The van der Waals surface area contributed by atoms with E-state index in [1.54, 1.807) is 0 Å². The maximum atomic E-state index is 9.64. The second-order valence-corrected chi connectivity index (χ2v) is 0.962. The fourth-order valence-corrected chi connectivity index (χ4v) is 0.164. The molecule has 0 fully saturated rings. The summed E-state index contributed by atoms with van der Waals surface area (Å²) >= 11 is 0. The van der Waals surface area contributed by atoms with Gasteiger partial charge in [-0.2, -0.15) is 4.79 Å². The normalized spacial score (nSPS) is 8.50. The number of carboxylic acid groups (broad SMARTS) is 1. The lowest BCUT2D eigenvalue weighted by molar-refractivity contribution is -0.131. The molecule has 0 unspecified atom stereocenters. The number of carbonyl (C=O) groups is 1. The molecule has 0 spiro atoms. The zero-order valence-electron chi connectivity index (χ0n) is 3.98. The van der Waals surface area contributed by atoms with E-state index in [1.807, 2.05) is 0 Å². The van der Waals surface area contributed by atoms with Gasteiger partial charge in [0.05, 0.1) is 0 Å². The molecule has 0 saturated carbocycles. The van der Waals surface area contributed by atoms with Crippen LogP contribution < -0.4 is 0 Å². The van der Waals surface area contributed by atoms with E-state index in [0.717, 1.165) is 18.4 Å².